The summed E-state index contributed by atoms with van der Waals surface area (Å²) in [6.07, 6.45) is 7.15. The van der Waals surface area contributed by atoms with E-state index in [0.29, 0.717) is 13.0 Å². The number of nitrogens with zero attached hydrogens (tertiary/aromatic N) is 5. The number of aromatic nitrogens is 1. The van der Waals surface area contributed by atoms with Crippen molar-refractivity contribution in [1.82, 2.24) is 24.6 Å². The molecule has 3 fully saturated rings. The van der Waals surface area contributed by atoms with E-state index >= 15 is 0 Å². The largest absolute Gasteiger partial charge is 0.338 e. The molecular weight excluding hydrogens is 354 g/mol. The summed E-state index contributed by atoms with van der Waals surface area (Å²) in [5, 5.41) is 0. The Kier molecular flexibility index (Phi) is 5.53. The third-order valence-electron chi connectivity index (χ3n) is 6.71. The Hall–Kier alpha value is -2.15. The predicted molar refractivity (Wildman–Crippen MR) is 107 cm³/mol. The van der Waals surface area contributed by atoms with Crippen molar-refractivity contribution in [3.05, 3.63) is 30.1 Å². The van der Waals surface area contributed by atoms with Crippen LogP contribution in [0.15, 0.2) is 24.5 Å². The minimum atomic E-state index is 0.162. The minimum Gasteiger partial charge on any atom is -0.338 e. The summed E-state index contributed by atoms with van der Waals surface area (Å²) in [5.41, 5.74) is 1.24. The second kappa shape index (κ2) is 8.07. The van der Waals surface area contributed by atoms with Crippen LogP contribution in [0, 0.1) is 5.41 Å². The molecule has 0 atom stereocenters. The molecule has 0 aliphatic carbocycles. The van der Waals surface area contributed by atoms with Crippen LogP contribution in [0.1, 0.15) is 31.2 Å². The maximum Gasteiger partial charge on any atom is 0.320 e. The SMILES string of the molecule is CN1CCN(C(=O)N2CCC3(CCC(=O)N(Cc4cccnc4)C3)CC2)CC1. The van der Waals surface area contributed by atoms with Gasteiger partial charge in [0.05, 0.1) is 0 Å². The molecule has 1 aromatic heterocycles. The van der Waals surface area contributed by atoms with E-state index in [2.05, 4.69) is 16.9 Å². The van der Waals surface area contributed by atoms with Gasteiger partial charge in [0.1, 0.15) is 0 Å². The molecule has 0 unspecified atom stereocenters. The average molecular weight is 386 g/mol. The maximum atomic E-state index is 12.9. The lowest BCUT2D eigenvalue weighted by molar-refractivity contribution is -0.139. The van der Waals surface area contributed by atoms with Crippen molar-refractivity contribution >= 4 is 11.9 Å². The first kappa shape index (κ1) is 19.2. The first-order valence-corrected chi connectivity index (χ1v) is 10.4. The minimum absolute atomic E-state index is 0.162. The molecular formula is C21H31N5O2. The van der Waals surface area contributed by atoms with Crippen LogP contribution in [0.3, 0.4) is 0 Å². The fraction of sp³-hybridized carbons (Fsp3) is 0.667. The van der Waals surface area contributed by atoms with Gasteiger partial charge in [-0.1, -0.05) is 6.07 Å². The fourth-order valence-electron chi connectivity index (χ4n) is 4.74. The van der Waals surface area contributed by atoms with E-state index in [-0.39, 0.29) is 17.4 Å². The molecule has 4 heterocycles. The highest BCUT2D eigenvalue weighted by Crippen LogP contribution is 2.40. The number of amides is 3. The monoisotopic (exact) mass is 385 g/mol. The average Bonchev–Trinajstić information content (AvgIpc) is 2.72. The Balaban J connectivity index is 1.34. The van der Waals surface area contributed by atoms with Gasteiger partial charge in [-0.05, 0) is 43.4 Å². The number of hydrogen-bond donors (Lipinski definition) is 0. The van der Waals surface area contributed by atoms with Crippen molar-refractivity contribution in [2.45, 2.75) is 32.2 Å². The van der Waals surface area contributed by atoms with Gasteiger partial charge in [0.25, 0.3) is 0 Å². The van der Waals surface area contributed by atoms with Gasteiger partial charge < -0.3 is 19.6 Å². The quantitative estimate of drug-likeness (QED) is 0.777. The highest BCUT2D eigenvalue weighted by atomic mass is 16.2. The number of urea groups is 1. The van der Waals surface area contributed by atoms with Gasteiger partial charge >= 0.3 is 6.03 Å². The van der Waals surface area contributed by atoms with E-state index in [4.69, 9.17) is 0 Å². The van der Waals surface area contributed by atoms with Gasteiger partial charge in [0.15, 0.2) is 0 Å². The third-order valence-corrected chi connectivity index (χ3v) is 6.71. The number of piperidine rings is 2. The van der Waals surface area contributed by atoms with Crippen LogP contribution >= 0.6 is 0 Å². The normalized spacial score (nSPS) is 23.3. The second-order valence-corrected chi connectivity index (χ2v) is 8.67. The Morgan fingerprint density at radius 1 is 1.07 bits per heavy atom. The summed E-state index contributed by atoms with van der Waals surface area (Å²) < 4.78 is 0. The molecule has 1 spiro atoms. The van der Waals surface area contributed by atoms with Crippen molar-refractivity contribution in [3.8, 4) is 0 Å². The van der Waals surface area contributed by atoms with E-state index in [1.54, 1.807) is 6.20 Å². The number of carbonyl (C=O) groups excluding carboxylic acids is 2. The molecule has 0 aromatic carbocycles. The number of carbonyl (C=O) groups is 2. The Morgan fingerprint density at radius 3 is 2.46 bits per heavy atom. The zero-order chi connectivity index (χ0) is 19.6. The molecule has 0 N–H and O–H groups in total. The van der Waals surface area contributed by atoms with Crippen LogP contribution in [0.4, 0.5) is 4.79 Å². The molecule has 3 amide bonds. The first-order chi connectivity index (χ1) is 13.5. The standard InChI is InChI=1S/C21H31N5O2/c1-23-11-13-25(14-12-23)20(28)24-9-6-21(7-10-24)5-4-19(27)26(17-21)16-18-3-2-8-22-15-18/h2-3,8,15H,4-7,9-14,16-17H2,1H3. The highest BCUT2D eigenvalue weighted by Gasteiger charge is 2.42. The fourth-order valence-corrected chi connectivity index (χ4v) is 4.74. The van der Waals surface area contributed by atoms with Gasteiger partial charge in [-0.3, -0.25) is 9.78 Å². The number of hydrogen-bond acceptors (Lipinski definition) is 4. The summed E-state index contributed by atoms with van der Waals surface area (Å²) in [7, 11) is 2.11. The zero-order valence-electron chi connectivity index (χ0n) is 16.8. The van der Waals surface area contributed by atoms with Crippen LogP contribution in [0.5, 0.6) is 0 Å². The van der Waals surface area contributed by atoms with Crippen molar-refractivity contribution in [3.63, 3.8) is 0 Å². The van der Waals surface area contributed by atoms with Crippen molar-refractivity contribution in [1.29, 1.82) is 0 Å². The lowest BCUT2D eigenvalue weighted by Gasteiger charge is -2.48. The molecule has 7 heteroatoms. The zero-order valence-corrected chi connectivity index (χ0v) is 16.8. The van der Waals surface area contributed by atoms with Crippen LogP contribution < -0.4 is 0 Å². The van der Waals surface area contributed by atoms with E-state index in [9.17, 15) is 9.59 Å². The van der Waals surface area contributed by atoms with Gasteiger partial charge in [-0.15, -0.1) is 0 Å². The number of piperazine rings is 1. The van der Waals surface area contributed by atoms with Crippen LogP contribution in [0.2, 0.25) is 0 Å². The topological polar surface area (TPSA) is 60.0 Å². The number of likely N-dealkylation sites (tertiary alicyclic amines) is 2. The molecule has 3 aliphatic rings. The van der Waals surface area contributed by atoms with Gasteiger partial charge in [-0.25, -0.2) is 4.79 Å². The number of rotatable bonds is 2. The molecule has 0 saturated carbocycles. The van der Waals surface area contributed by atoms with Crippen LogP contribution in [0.25, 0.3) is 0 Å². The molecule has 1 aromatic rings. The lowest BCUT2D eigenvalue weighted by atomic mass is 9.72. The van der Waals surface area contributed by atoms with E-state index in [1.165, 1.54) is 0 Å². The molecule has 0 radical (unpaired) electrons. The Morgan fingerprint density at radius 2 is 1.79 bits per heavy atom. The molecule has 3 aliphatic heterocycles. The predicted octanol–water partition coefficient (Wildman–Crippen LogP) is 1.65. The first-order valence-electron chi connectivity index (χ1n) is 10.4. The molecule has 0 bridgehead atoms. The van der Waals surface area contributed by atoms with E-state index < -0.39 is 0 Å². The van der Waals surface area contributed by atoms with Gasteiger partial charge in [0, 0.05) is 71.2 Å². The molecule has 7 nitrogen and oxygen atoms in total. The highest BCUT2D eigenvalue weighted by molar-refractivity contribution is 5.77. The molecule has 3 saturated heterocycles. The van der Waals surface area contributed by atoms with Crippen molar-refractivity contribution < 1.29 is 9.59 Å². The number of likely N-dealkylation sites (N-methyl/N-ethyl adjacent to an activating group) is 1. The smallest absolute Gasteiger partial charge is 0.320 e. The van der Waals surface area contributed by atoms with Crippen molar-refractivity contribution in [2.24, 2.45) is 5.41 Å². The lowest BCUT2D eigenvalue weighted by Crippen LogP contribution is -2.56. The van der Waals surface area contributed by atoms with Crippen LogP contribution in [-0.2, 0) is 11.3 Å². The molecule has 28 heavy (non-hydrogen) atoms. The molecule has 4 rings (SSSR count). The summed E-state index contributed by atoms with van der Waals surface area (Å²) >= 11 is 0. The summed E-state index contributed by atoms with van der Waals surface area (Å²) in [5.74, 6) is 0.241. The van der Waals surface area contributed by atoms with Crippen LogP contribution in [-0.4, -0.2) is 89.4 Å². The Bertz CT molecular complexity index is 694. The number of pyridine rings is 1. The summed E-state index contributed by atoms with van der Waals surface area (Å²) in [6, 6.07) is 4.14. The summed E-state index contributed by atoms with van der Waals surface area (Å²) in [4.78, 5) is 37.8. The van der Waals surface area contributed by atoms with Gasteiger partial charge in [0.2, 0.25) is 5.91 Å². The third kappa shape index (κ3) is 4.14. The van der Waals surface area contributed by atoms with E-state index in [0.717, 1.165) is 70.6 Å². The summed E-state index contributed by atoms with van der Waals surface area (Å²) in [6.45, 7) is 6.61. The van der Waals surface area contributed by atoms with Crippen molar-refractivity contribution in [2.75, 3.05) is 52.9 Å². The molecule has 152 valence electrons. The van der Waals surface area contributed by atoms with E-state index in [1.807, 2.05) is 33.0 Å². The van der Waals surface area contributed by atoms with Gasteiger partial charge in [-0.2, -0.15) is 0 Å². The Labute approximate surface area is 167 Å². The second-order valence-electron chi connectivity index (χ2n) is 8.67. The maximum absolute atomic E-state index is 12.9.